The van der Waals surface area contributed by atoms with Gasteiger partial charge in [-0.15, -0.1) is 0 Å². The van der Waals surface area contributed by atoms with Gasteiger partial charge in [0.1, 0.15) is 0 Å². The van der Waals surface area contributed by atoms with Crippen LogP contribution in [0.1, 0.15) is 77.0 Å². The number of rotatable bonds is 4. The first-order valence-electron chi connectivity index (χ1n) is 9.24. The van der Waals surface area contributed by atoms with Crippen molar-refractivity contribution in [2.75, 3.05) is 6.54 Å². The SMILES string of the molecule is OC1CCC(CNC2CCCCC2C2CCCCC2)C1. The molecule has 2 heteroatoms. The molecule has 0 heterocycles. The van der Waals surface area contributed by atoms with Gasteiger partial charge < -0.3 is 10.4 Å². The van der Waals surface area contributed by atoms with E-state index in [0.29, 0.717) is 0 Å². The largest absolute Gasteiger partial charge is 0.393 e. The predicted octanol–water partition coefficient (Wildman–Crippen LogP) is 3.88. The molecule has 3 saturated carbocycles. The highest BCUT2D eigenvalue weighted by molar-refractivity contribution is 4.88. The molecule has 3 aliphatic rings. The van der Waals surface area contributed by atoms with Gasteiger partial charge in [0.15, 0.2) is 0 Å². The molecule has 0 aromatic carbocycles. The van der Waals surface area contributed by atoms with Crippen LogP contribution < -0.4 is 5.32 Å². The van der Waals surface area contributed by atoms with Crippen LogP contribution in [0.2, 0.25) is 0 Å². The monoisotopic (exact) mass is 279 g/mol. The summed E-state index contributed by atoms with van der Waals surface area (Å²) in [7, 11) is 0. The second-order valence-corrected chi connectivity index (χ2v) is 7.69. The van der Waals surface area contributed by atoms with E-state index in [4.69, 9.17) is 0 Å². The van der Waals surface area contributed by atoms with Crippen LogP contribution in [0.25, 0.3) is 0 Å². The molecule has 4 atom stereocenters. The first-order chi connectivity index (χ1) is 9.83. The van der Waals surface area contributed by atoms with Crippen molar-refractivity contribution >= 4 is 0 Å². The van der Waals surface area contributed by atoms with Crippen LogP contribution in [0.3, 0.4) is 0 Å². The standard InChI is InChI=1S/C18H33NO/c20-16-11-10-14(12-16)13-19-18-9-5-4-8-17(18)15-6-2-1-3-7-15/h14-20H,1-13H2. The Morgan fingerprint density at radius 3 is 2.30 bits per heavy atom. The summed E-state index contributed by atoms with van der Waals surface area (Å²) >= 11 is 0. The van der Waals surface area contributed by atoms with Crippen LogP contribution in [-0.4, -0.2) is 23.8 Å². The average Bonchev–Trinajstić information content (AvgIpc) is 2.92. The Labute approximate surface area is 124 Å². The molecule has 4 unspecified atom stereocenters. The first-order valence-corrected chi connectivity index (χ1v) is 9.24. The Kier molecular flexibility index (Phi) is 5.39. The van der Waals surface area contributed by atoms with Crippen molar-refractivity contribution in [3.63, 3.8) is 0 Å². The summed E-state index contributed by atoms with van der Waals surface area (Å²) in [6, 6.07) is 0.782. The lowest BCUT2D eigenvalue weighted by molar-refractivity contribution is 0.144. The normalized spacial score (nSPS) is 40.0. The Balaban J connectivity index is 1.49. The molecule has 0 spiro atoms. The molecule has 3 fully saturated rings. The fourth-order valence-corrected chi connectivity index (χ4v) is 5.09. The van der Waals surface area contributed by atoms with Gasteiger partial charge in [0, 0.05) is 6.04 Å². The molecule has 3 aliphatic carbocycles. The highest BCUT2D eigenvalue weighted by Gasteiger charge is 2.33. The number of aliphatic hydroxyl groups excluding tert-OH is 1. The molecule has 20 heavy (non-hydrogen) atoms. The van der Waals surface area contributed by atoms with Gasteiger partial charge in [-0.05, 0) is 56.4 Å². The Morgan fingerprint density at radius 1 is 0.800 bits per heavy atom. The number of hydrogen-bond donors (Lipinski definition) is 2. The van der Waals surface area contributed by atoms with E-state index in [-0.39, 0.29) is 6.10 Å². The molecule has 2 N–H and O–H groups in total. The van der Waals surface area contributed by atoms with Gasteiger partial charge in [0.25, 0.3) is 0 Å². The van der Waals surface area contributed by atoms with Crippen molar-refractivity contribution in [2.45, 2.75) is 89.2 Å². The molecular formula is C18H33NO. The van der Waals surface area contributed by atoms with E-state index in [1.807, 2.05) is 0 Å². The highest BCUT2D eigenvalue weighted by atomic mass is 16.3. The third-order valence-electron chi connectivity index (χ3n) is 6.26. The van der Waals surface area contributed by atoms with E-state index in [9.17, 15) is 5.11 Å². The molecule has 0 saturated heterocycles. The summed E-state index contributed by atoms with van der Waals surface area (Å²) in [6.45, 7) is 1.16. The lowest BCUT2D eigenvalue weighted by Gasteiger charge is -2.40. The first kappa shape index (κ1) is 14.8. The van der Waals surface area contributed by atoms with Crippen molar-refractivity contribution in [3.05, 3.63) is 0 Å². The fourth-order valence-electron chi connectivity index (χ4n) is 5.09. The third-order valence-corrected chi connectivity index (χ3v) is 6.26. The lowest BCUT2D eigenvalue weighted by Crippen LogP contribution is -2.44. The molecule has 0 bridgehead atoms. The predicted molar refractivity (Wildman–Crippen MR) is 83.7 cm³/mol. The minimum Gasteiger partial charge on any atom is -0.393 e. The minimum atomic E-state index is -0.0118. The fraction of sp³-hybridized carbons (Fsp3) is 1.00. The van der Waals surface area contributed by atoms with Crippen LogP contribution >= 0.6 is 0 Å². The molecular weight excluding hydrogens is 246 g/mol. The molecule has 116 valence electrons. The van der Waals surface area contributed by atoms with Crippen molar-refractivity contribution in [2.24, 2.45) is 17.8 Å². The Morgan fingerprint density at radius 2 is 1.55 bits per heavy atom. The summed E-state index contributed by atoms with van der Waals surface area (Å²) < 4.78 is 0. The van der Waals surface area contributed by atoms with Gasteiger partial charge in [-0.3, -0.25) is 0 Å². The minimum absolute atomic E-state index is 0.0118. The maximum Gasteiger partial charge on any atom is 0.0543 e. The van der Waals surface area contributed by atoms with Gasteiger partial charge in [0.05, 0.1) is 6.10 Å². The summed E-state index contributed by atoms with van der Waals surface area (Å²) in [4.78, 5) is 0. The molecule has 3 rings (SSSR count). The summed E-state index contributed by atoms with van der Waals surface area (Å²) in [5.74, 6) is 2.70. The van der Waals surface area contributed by atoms with Gasteiger partial charge in [0.2, 0.25) is 0 Å². The summed E-state index contributed by atoms with van der Waals surface area (Å²) in [5.41, 5.74) is 0. The van der Waals surface area contributed by atoms with Crippen molar-refractivity contribution < 1.29 is 5.11 Å². The third kappa shape index (κ3) is 3.76. The van der Waals surface area contributed by atoms with Gasteiger partial charge in [-0.1, -0.05) is 44.9 Å². The van der Waals surface area contributed by atoms with Crippen LogP contribution in [-0.2, 0) is 0 Å². The second kappa shape index (κ2) is 7.26. The van der Waals surface area contributed by atoms with Crippen LogP contribution in [0.5, 0.6) is 0 Å². The van der Waals surface area contributed by atoms with Crippen LogP contribution in [0.4, 0.5) is 0 Å². The van der Waals surface area contributed by atoms with Gasteiger partial charge in [-0.25, -0.2) is 0 Å². The van der Waals surface area contributed by atoms with E-state index in [2.05, 4.69) is 5.32 Å². The molecule has 0 aliphatic heterocycles. The lowest BCUT2D eigenvalue weighted by atomic mass is 9.71. The van der Waals surface area contributed by atoms with Crippen molar-refractivity contribution in [3.8, 4) is 0 Å². The van der Waals surface area contributed by atoms with Gasteiger partial charge >= 0.3 is 0 Å². The zero-order valence-electron chi connectivity index (χ0n) is 13.0. The number of aliphatic hydroxyl groups is 1. The van der Waals surface area contributed by atoms with E-state index in [0.717, 1.165) is 43.2 Å². The number of hydrogen-bond acceptors (Lipinski definition) is 2. The Bertz CT molecular complexity index is 287. The highest BCUT2D eigenvalue weighted by Crippen LogP contribution is 2.38. The van der Waals surface area contributed by atoms with E-state index in [1.165, 1.54) is 64.2 Å². The molecule has 0 aromatic heterocycles. The van der Waals surface area contributed by atoms with E-state index < -0.39 is 0 Å². The maximum absolute atomic E-state index is 9.66. The molecule has 0 radical (unpaired) electrons. The topological polar surface area (TPSA) is 32.3 Å². The Hall–Kier alpha value is -0.0800. The summed E-state index contributed by atoms with van der Waals surface area (Å²) in [5, 5.41) is 13.6. The number of nitrogens with one attached hydrogen (secondary N) is 1. The quantitative estimate of drug-likeness (QED) is 0.818. The average molecular weight is 279 g/mol. The van der Waals surface area contributed by atoms with Crippen LogP contribution in [0, 0.1) is 17.8 Å². The van der Waals surface area contributed by atoms with Gasteiger partial charge in [-0.2, -0.15) is 0 Å². The van der Waals surface area contributed by atoms with E-state index >= 15 is 0 Å². The smallest absolute Gasteiger partial charge is 0.0543 e. The van der Waals surface area contributed by atoms with Crippen molar-refractivity contribution in [1.82, 2.24) is 5.32 Å². The molecule has 0 aromatic rings. The second-order valence-electron chi connectivity index (χ2n) is 7.69. The van der Waals surface area contributed by atoms with E-state index in [1.54, 1.807) is 0 Å². The molecule has 2 nitrogen and oxygen atoms in total. The maximum atomic E-state index is 9.66. The van der Waals surface area contributed by atoms with Crippen LogP contribution in [0.15, 0.2) is 0 Å². The zero-order valence-corrected chi connectivity index (χ0v) is 13.0. The zero-order chi connectivity index (χ0) is 13.8. The summed E-state index contributed by atoms with van der Waals surface area (Å²) in [6.07, 6.45) is 16.4. The van der Waals surface area contributed by atoms with Crippen molar-refractivity contribution in [1.29, 1.82) is 0 Å². The molecule has 0 amide bonds.